The van der Waals surface area contributed by atoms with Gasteiger partial charge >= 0.3 is 7.60 Å². The van der Waals surface area contributed by atoms with Gasteiger partial charge in [-0.15, -0.1) is 0 Å². The molecule has 0 spiro atoms. The van der Waals surface area contributed by atoms with E-state index in [0.717, 1.165) is 0 Å². The van der Waals surface area contributed by atoms with Crippen LogP contribution in [-0.2, 0) is 15.8 Å². The van der Waals surface area contributed by atoms with Crippen LogP contribution >= 0.6 is 7.60 Å². The van der Waals surface area contributed by atoms with Crippen molar-refractivity contribution in [3.05, 3.63) is 39.9 Å². The molecule has 1 aromatic rings. The molecule has 0 heterocycles. The summed E-state index contributed by atoms with van der Waals surface area (Å²) in [4.78, 5) is 39.0. The Morgan fingerprint density at radius 1 is 1.42 bits per heavy atom. The number of rotatable bonds is 5. The topological polar surface area (TPSA) is 130 Å². The number of nitrogens with zero attached hydrogens (tertiary/aromatic N) is 1. The standard InChI is InChI=1S/C10H13N2O6P/c1-7(19(16,17)18)11-10(13)6-8-2-4-9(5-3-8)12(14)15/h2-5,7H,6H2,1H3,(H,11,13)(H2,16,17,18)/t7-/m1/s1. The normalized spacial score (nSPS) is 12.8. The van der Waals surface area contributed by atoms with Gasteiger partial charge in [0.1, 0.15) is 5.78 Å². The second-order valence-corrected chi connectivity index (χ2v) is 5.89. The minimum atomic E-state index is -4.36. The molecule has 0 fully saturated rings. The van der Waals surface area contributed by atoms with E-state index >= 15 is 0 Å². The fraction of sp³-hybridized carbons (Fsp3) is 0.300. The van der Waals surface area contributed by atoms with E-state index in [4.69, 9.17) is 9.79 Å². The molecule has 0 unspecified atom stereocenters. The van der Waals surface area contributed by atoms with Gasteiger partial charge in [-0.2, -0.15) is 0 Å². The minimum absolute atomic E-state index is 0.0901. The zero-order valence-corrected chi connectivity index (χ0v) is 10.9. The van der Waals surface area contributed by atoms with E-state index in [1.807, 2.05) is 0 Å². The summed E-state index contributed by atoms with van der Waals surface area (Å²) in [6.45, 7) is 1.20. The molecule has 1 amide bonds. The van der Waals surface area contributed by atoms with Crippen LogP contribution in [0.25, 0.3) is 0 Å². The Kier molecular flexibility index (Phi) is 4.77. The van der Waals surface area contributed by atoms with Gasteiger partial charge in [-0.1, -0.05) is 12.1 Å². The highest BCUT2D eigenvalue weighted by Gasteiger charge is 2.25. The van der Waals surface area contributed by atoms with Crippen LogP contribution in [0.4, 0.5) is 5.69 Å². The molecule has 1 rings (SSSR count). The third kappa shape index (κ3) is 4.78. The van der Waals surface area contributed by atoms with Crippen molar-refractivity contribution in [2.75, 3.05) is 0 Å². The third-order valence-electron chi connectivity index (χ3n) is 2.39. The summed E-state index contributed by atoms with van der Waals surface area (Å²) in [5.74, 6) is -1.83. The highest BCUT2D eigenvalue weighted by atomic mass is 31.2. The summed E-state index contributed by atoms with van der Waals surface area (Å²) in [7, 11) is -4.36. The fourth-order valence-corrected chi connectivity index (χ4v) is 1.60. The van der Waals surface area contributed by atoms with E-state index in [0.29, 0.717) is 5.56 Å². The average molecular weight is 288 g/mol. The van der Waals surface area contributed by atoms with Gasteiger partial charge in [0.05, 0.1) is 11.3 Å². The van der Waals surface area contributed by atoms with Crippen molar-refractivity contribution in [1.29, 1.82) is 0 Å². The van der Waals surface area contributed by atoms with Crippen LogP contribution in [0.3, 0.4) is 0 Å². The first-order valence-electron chi connectivity index (χ1n) is 5.28. The van der Waals surface area contributed by atoms with Crippen LogP contribution in [0.2, 0.25) is 0 Å². The second kappa shape index (κ2) is 5.92. The maximum Gasteiger partial charge on any atom is 0.347 e. The Bertz CT molecular complexity index is 523. The predicted molar refractivity (Wildman–Crippen MR) is 66.4 cm³/mol. The lowest BCUT2D eigenvalue weighted by atomic mass is 10.1. The van der Waals surface area contributed by atoms with E-state index in [1.54, 1.807) is 0 Å². The lowest BCUT2D eigenvalue weighted by molar-refractivity contribution is -0.384. The van der Waals surface area contributed by atoms with Crippen LogP contribution in [0.1, 0.15) is 12.5 Å². The number of nitro benzene ring substituents is 1. The molecule has 0 saturated heterocycles. The number of nitro groups is 1. The van der Waals surface area contributed by atoms with Crippen molar-refractivity contribution < 1.29 is 24.1 Å². The Morgan fingerprint density at radius 2 is 1.95 bits per heavy atom. The van der Waals surface area contributed by atoms with Gasteiger partial charge in [-0.25, -0.2) is 0 Å². The summed E-state index contributed by atoms with van der Waals surface area (Å²) < 4.78 is 10.8. The Labute approximate surface area is 108 Å². The molecule has 3 N–H and O–H groups in total. The average Bonchev–Trinajstić information content (AvgIpc) is 2.28. The van der Waals surface area contributed by atoms with Crippen molar-refractivity contribution >= 4 is 19.2 Å². The van der Waals surface area contributed by atoms with Crippen molar-refractivity contribution in [1.82, 2.24) is 5.32 Å². The second-order valence-electron chi connectivity index (χ2n) is 3.93. The van der Waals surface area contributed by atoms with Gasteiger partial charge in [0.15, 0.2) is 0 Å². The maximum absolute atomic E-state index is 11.5. The molecule has 8 nitrogen and oxygen atoms in total. The summed E-state index contributed by atoms with van der Waals surface area (Å²) >= 11 is 0. The van der Waals surface area contributed by atoms with E-state index < -0.39 is 24.2 Å². The molecule has 9 heteroatoms. The molecular weight excluding hydrogens is 275 g/mol. The smallest absolute Gasteiger partial charge is 0.342 e. The molecule has 1 atom stereocenters. The number of carbonyl (C=O) groups is 1. The number of amides is 1. The molecule has 0 saturated carbocycles. The van der Waals surface area contributed by atoms with E-state index in [-0.39, 0.29) is 12.1 Å². The van der Waals surface area contributed by atoms with Gasteiger partial charge in [-0.3, -0.25) is 19.5 Å². The zero-order chi connectivity index (χ0) is 14.6. The molecule has 0 radical (unpaired) electrons. The van der Waals surface area contributed by atoms with Crippen molar-refractivity contribution in [3.8, 4) is 0 Å². The molecule has 0 aliphatic rings. The van der Waals surface area contributed by atoms with Gasteiger partial charge in [0, 0.05) is 12.1 Å². The Balaban J connectivity index is 2.62. The van der Waals surface area contributed by atoms with Crippen molar-refractivity contribution in [2.45, 2.75) is 19.1 Å². The Hall–Kier alpha value is -1.76. The lowest BCUT2D eigenvalue weighted by Gasteiger charge is -2.15. The molecule has 0 aliphatic heterocycles. The van der Waals surface area contributed by atoms with Crippen LogP contribution in [-0.4, -0.2) is 26.4 Å². The molecule has 1 aromatic carbocycles. The summed E-state index contributed by atoms with van der Waals surface area (Å²) in [5.41, 5.74) is 0.425. The van der Waals surface area contributed by atoms with Crippen LogP contribution in [0.5, 0.6) is 0 Å². The Morgan fingerprint density at radius 3 is 2.37 bits per heavy atom. The molecular formula is C10H13N2O6P. The first-order valence-corrected chi connectivity index (χ1v) is 6.96. The number of hydrogen-bond acceptors (Lipinski definition) is 4. The summed E-state index contributed by atoms with van der Waals surface area (Å²) in [5, 5.41) is 12.6. The molecule has 104 valence electrons. The first-order chi connectivity index (χ1) is 8.70. The van der Waals surface area contributed by atoms with Gasteiger partial charge in [0.25, 0.3) is 5.69 Å². The highest BCUT2D eigenvalue weighted by molar-refractivity contribution is 7.52. The minimum Gasteiger partial charge on any atom is -0.342 e. The largest absolute Gasteiger partial charge is 0.347 e. The van der Waals surface area contributed by atoms with Crippen molar-refractivity contribution in [3.63, 3.8) is 0 Å². The number of carbonyl (C=O) groups excluding carboxylic acids is 1. The number of non-ortho nitro benzene ring substituents is 1. The number of benzene rings is 1. The highest BCUT2D eigenvalue weighted by Crippen LogP contribution is 2.39. The fourth-order valence-electron chi connectivity index (χ4n) is 1.29. The molecule has 0 aliphatic carbocycles. The molecule has 0 aromatic heterocycles. The first kappa shape index (κ1) is 15.3. The van der Waals surface area contributed by atoms with Crippen LogP contribution in [0, 0.1) is 10.1 Å². The van der Waals surface area contributed by atoms with Crippen LogP contribution in [0.15, 0.2) is 24.3 Å². The SMILES string of the molecule is C[C@H](NC(=O)Cc1ccc([N+](=O)[O-])cc1)P(=O)(O)O. The van der Waals surface area contributed by atoms with E-state index in [2.05, 4.69) is 5.32 Å². The van der Waals surface area contributed by atoms with Gasteiger partial charge in [-0.05, 0) is 12.5 Å². The van der Waals surface area contributed by atoms with E-state index in [9.17, 15) is 19.5 Å². The number of nitrogens with one attached hydrogen (secondary N) is 1. The monoisotopic (exact) mass is 288 g/mol. The van der Waals surface area contributed by atoms with Crippen molar-refractivity contribution in [2.24, 2.45) is 0 Å². The number of hydrogen-bond donors (Lipinski definition) is 3. The lowest BCUT2D eigenvalue weighted by Crippen LogP contribution is -2.33. The van der Waals surface area contributed by atoms with E-state index in [1.165, 1.54) is 31.2 Å². The van der Waals surface area contributed by atoms with Crippen LogP contribution < -0.4 is 5.32 Å². The molecule has 19 heavy (non-hydrogen) atoms. The third-order valence-corrected chi connectivity index (χ3v) is 3.52. The molecule has 0 bridgehead atoms. The zero-order valence-electron chi connectivity index (χ0n) is 10.0. The van der Waals surface area contributed by atoms with Gasteiger partial charge in [0.2, 0.25) is 5.91 Å². The predicted octanol–water partition coefficient (Wildman–Crippen LogP) is 0.777. The van der Waals surface area contributed by atoms with Gasteiger partial charge < -0.3 is 15.1 Å². The quantitative estimate of drug-likeness (QED) is 0.417. The maximum atomic E-state index is 11.5. The summed E-state index contributed by atoms with van der Waals surface area (Å²) in [6.07, 6.45) is -0.109. The summed E-state index contributed by atoms with van der Waals surface area (Å²) in [6, 6.07) is 5.35.